The van der Waals surface area contributed by atoms with Crippen molar-refractivity contribution >= 4 is 52.4 Å². The lowest BCUT2D eigenvalue weighted by Gasteiger charge is -2.33. The number of hydrogen-bond donors (Lipinski definition) is 2. The molecule has 4 rings (SSSR count). The first-order chi connectivity index (χ1) is 16.9. The third-order valence-corrected chi connectivity index (χ3v) is 6.88. The predicted molar refractivity (Wildman–Crippen MR) is 142 cm³/mol. The molecule has 1 aliphatic carbocycles. The number of aromatic nitrogens is 3. The molecule has 10 heteroatoms. The number of nitrogens with one attached hydrogen (secondary N) is 2. The molecule has 0 aliphatic heterocycles. The van der Waals surface area contributed by atoms with Crippen LogP contribution in [0.5, 0.6) is 11.5 Å². The summed E-state index contributed by atoms with van der Waals surface area (Å²) in [5, 5.41) is 7.47. The summed E-state index contributed by atoms with van der Waals surface area (Å²) < 4.78 is 10.5. The van der Waals surface area contributed by atoms with Crippen LogP contribution in [0.4, 0.5) is 29.2 Å². The first-order valence-corrected chi connectivity index (χ1v) is 12.3. The average Bonchev–Trinajstić information content (AvgIpc) is 2.84. The second-order valence-electron chi connectivity index (χ2n) is 8.76. The van der Waals surface area contributed by atoms with Gasteiger partial charge in [0.25, 0.3) is 0 Å². The van der Waals surface area contributed by atoms with E-state index in [0.717, 1.165) is 30.1 Å². The maximum Gasteiger partial charge on any atom is 0.233 e. The second-order valence-corrected chi connectivity index (χ2v) is 9.57. The highest BCUT2D eigenvalue weighted by Gasteiger charge is 2.24. The van der Waals surface area contributed by atoms with E-state index in [4.69, 9.17) is 42.6 Å². The summed E-state index contributed by atoms with van der Waals surface area (Å²) in [4.78, 5) is 16.2. The largest absolute Gasteiger partial charge is 0.495 e. The fraction of sp³-hybridized carbons (Fsp3) is 0.400. The number of ether oxygens (including phenoxy) is 2. The van der Waals surface area contributed by atoms with Gasteiger partial charge in [-0.25, -0.2) is 0 Å². The van der Waals surface area contributed by atoms with Crippen molar-refractivity contribution in [1.29, 1.82) is 0 Å². The van der Waals surface area contributed by atoms with Crippen LogP contribution < -0.4 is 25.0 Å². The molecule has 186 valence electrons. The van der Waals surface area contributed by atoms with Crippen molar-refractivity contribution in [2.45, 2.75) is 38.6 Å². The Balaban J connectivity index is 1.64. The van der Waals surface area contributed by atoms with E-state index in [-0.39, 0.29) is 0 Å². The molecule has 1 aliphatic rings. The van der Waals surface area contributed by atoms with Crippen LogP contribution in [-0.2, 0) is 0 Å². The molecule has 1 fully saturated rings. The van der Waals surface area contributed by atoms with Crippen molar-refractivity contribution in [1.82, 2.24) is 15.0 Å². The van der Waals surface area contributed by atoms with Crippen molar-refractivity contribution in [3.05, 3.63) is 46.4 Å². The van der Waals surface area contributed by atoms with Crippen LogP contribution in [0, 0.1) is 5.92 Å². The van der Waals surface area contributed by atoms with Gasteiger partial charge in [-0.3, -0.25) is 0 Å². The van der Waals surface area contributed by atoms with E-state index in [2.05, 4.69) is 27.4 Å². The number of hydrogen-bond acceptors (Lipinski definition) is 8. The van der Waals surface area contributed by atoms with Gasteiger partial charge in [0, 0.05) is 24.5 Å². The highest BCUT2D eigenvalue weighted by Crippen LogP contribution is 2.32. The Morgan fingerprint density at radius 3 is 1.71 bits per heavy atom. The van der Waals surface area contributed by atoms with Crippen molar-refractivity contribution in [3.63, 3.8) is 0 Å². The molecule has 0 unspecified atom stereocenters. The van der Waals surface area contributed by atoms with Crippen LogP contribution in [-0.4, -0.2) is 42.3 Å². The highest BCUT2D eigenvalue weighted by atomic mass is 35.5. The Bertz CT molecular complexity index is 1100. The number of nitrogens with zero attached hydrogens (tertiary/aromatic N) is 4. The highest BCUT2D eigenvalue weighted by molar-refractivity contribution is 6.32. The molecule has 0 spiro atoms. The van der Waals surface area contributed by atoms with Crippen LogP contribution in [0.2, 0.25) is 10.0 Å². The van der Waals surface area contributed by atoms with Crippen LogP contribution in [0.3, 0.4) is 0 Å². The summed E-state index contributed by atoms with van der Waals surface area (Å²) in [6, 6.07) is 11.2. The fourth-order valence-electron chi connectivity index (χ4n) is 4.17. The third kappa shape index (κ3) is 6.18. The Hall–Kier alpha value is -2.97. The fourth-order valence-corrected chi connectivity index (χ4v) is 4.69. The number of benzene rings is 2. The van der Waals surface area contributed by atoms with Gasteiger partial charge < -0.3 is 25.0 Å². The molecule has 1 aromatic heterocycles. The van der Waals surface area contributed by atoms with E-state index in [9.17, 15) is 0 Å². The zero-order chi connectivity index (χ0) is 24.9. The van der Waals surface area contributed by atoms with E-state index >= 15 is 0 Å². The minimum atomic E-state index is 0.375. The summed E-state index contributed by atoms with van der Waals surface area (Å²) in [6.07, 6.45) is 4.62. The molecule has 1 heterocycles. The number of halogens is 2. The maximum absolute atomic E-state index is 6.31. The van der Waals surface area contributed by atoms with Gasteiger partial charge in [-0.1, -0.05) is 30.1 Å². The molecule has 2 aromatic carbocycles. The van der Waals surface area contributed by atoms with Gasteiger partial charge >= 0.3 is 0 Å². The lowest BCUT2D eigenvalue weighted by atomic mass is 9.87. The molecule has 0 atom stereocenters. The monoisotopic (exact) mass is 516 g/mol. The predicted octanol–water partition coefficient (Wildman–Crippen LogP) is 6.70. The van der Waals surface area contributed by atoms with Crippen LogP contribution in [0.1, 0.15) is 32.6 Å². The normalized spacial score (nSPS) is 17.5. The molecule has 3 aromatic rings. The summed E-state index contributed by atoms with van der Waals surface area (Å²) in [5.74, 6) is 3.33. The van der Waals surface area contributed by atoms with Gasteiger partial charge in [0.05, 0.1) is 24.3 Å². The van der Waals surface area contributed by atoms with Crippen molar-refractivity contribution in [2.24, 2.45) is 5.92 Å². The molecular formula is C25H30Cl2N6O2. The summed E-state index contributed by atoms with van der Waals surface area (Å²) in [5.41, 5.74) is 1.47. The molecule has 35 heavy (non-hydrogen) atoms. The SMILES string of the molecule is COc1ccc(Nc2nc(Nc3ccc(OC)c(Cl)c3)nc(N(C)C3CCC(C)CC3)n2)cc1Cl. The van der Waals surface area contributed by atoms with Crippen LogP contribution in [0.25, 0.3) is 0 Å². The first-order valence-electron chi connectivity index (χ1n) is 11.6. The zero-order valence-corrected chi connectivity index (χ0v) is 21.8. The number of methoxy groups -OCH3 is 2. The molecule has 2 N–H and O–H groups in total. The maximum atomic E-state index is 6.31. The lowest BCUT2D eigenvalue weighted by molar-refractivity contribution is 0.339. The van der Waals surface area contributed by atoms with Gasteiger partial charge in [-0.15, -0.1) is 0 Å². The van der Waals surface area contributed by atoms with E-state index in [0.29, 0.717) is 45.4 Å². The van der Waals surface area contributed by atoms with Crippen molar-refractivity contribution in [2.75, 3.05) is 36.8 Å². The topological polar surface area (TPSA) is 84.4 Å². The van der Waals surface area contributed by atoms with Gasteiger partial charge in [0.1, 0.15) is 11.5 Å². The van der Waals surface area contributed by atoms with E-state index < -0.39 is 0 Å². The molecule has 0 amide bonds. The van der Waals surface area contributed by atoms with Gasteiger partial charge in [-0.05, 0) is 68.0 Å². The van der Waals surface area contributed by atoms with Crippen LogP contribution in [0.15, 0.2) is 36.4 Å². The summed E-state index contributed by atoms with van der Waals surface area (Å²) in [7, 11) is 5.20. The van der Waals surface area contributed by atoms with Gasteiger partial charge in [0.15, 0.2) is 0 Å². The minimum Gasteiger partial charge on any atom is -0.495 e. The number of rotatable bonds is 8. The Morgan fingerprint density at radius 1 is 0.800 bits per heavy atom. The van der Waals surface area contributed by atoms with Gasteiger partial charge in [-0.2, -0.15) is 15.0 Å². The molecule has 0 saturated heterocycles. The molecule has 8 nitrogen and oxygen atoms in total. The van der Waals surface area contributed by atoms with Crippen LogP contribution >= 0.6 is 23.2 Å². The zero-order valence-electron chi connectivity index (χ0n) is 20.3. The Kier molecular flexibility index (Phi) is 8.03. The molecule has 0 radical (unpaired) electrons. The molecule has 1 saturated carbocycles. The van der Waals surface area contributed by atoms with E-state index in [1.54, 1.807) is 38.5 Å². The summed E-state index contributed by atoms with van der Waals surface area (Å²) in [6.45, 7) is 2.31. The van der Waals surface area contributed by atoms with Crippen molar-refractivity contribution in [3.8, 4) is 11.5 Å². The standard InChI is InChI=1S/C25H30Cl2N6O2/c1-15-5-9-18(10-6-15)33(2)25-31-23(28-16-7-11-21(34-3)19(26)13-16)30-24(32-25)29-17-8-12-22(35-4)20(27)14-17/h7-8,11-15,18H,5-6,9-10H2,1-4H3,(H2,28,29,30,31,32). The smallest absolute Gasteiger partial charge is 0.233 e. The second kappa shape index (κ2) is 11.2. The quantitative estimate of drug-likeness (QED) is 0.342. The Labute approximate surface area is 216 Å². The first kappa shape index (κ1) is 25.1. The average molecular weight is 517 g/mol. The molecular weight excluding hydrogens is 487 g/mol. The summed E-state index contributed by atoms with van der Waals surface area (Å²) >= 11 is 12.6. The van der Waals surface area contributed by atoms with E-state index in [1.807, 2.05) is 19.2 Å². The third-order valence-electron chi connectivity index (χ3n) is 6.29. The van der Waals surface area contributed by atoms with E-state index in [1.165, 1.54) is 12.8 Å². The number of anilines is 5. The molecule has 0 bridgehead atoms. The van der Waals surface area contributed by atoms with Gasteiger partial charge in [0.2, 0.25) is 17.8 Å². The van der Waals surface area contributed by atoms with Crippen molar-refractivity contribution < 1.29 is 9.47 Å². The lowest BCUT2D eigenvalue weighted by Crippen LogP contribution is -2.36. The minimum absolute atomic E-state index is 0.375. The Morgan fingerprint density at radius 2 is 1.29 bits per heavy atom.